The summed E-state index contributed by atoms with van der Waals surface area (Å²) in [6.07, 6.45) is -2.33. The van der Waals surface area contributed by atoms with Crippen LogP contribution in [0.2, 0.25) is 0 Å². The molecule has 3 nitrogen and oxygen atoms in total. The molecule has 0 radical (unpaired) electrons. The van der Waals surface area contributed by atoms with Gasteiger partial charge in [-0.1, -0.05) is 0 Å². The monoisotopic (exact) mass is 146 g/mol. The van der Waals surface area contributed by atoms with Crippen LogP contribution in [0.1, 0.15) is 1.43 Å². The van der Waals surface area contributed by atoms with Gasteiger partial charge in [0.15, 0.2) is 0 Å². The van der Waals surface area contributed by atoms with Gasteiger partial charge in [-0.05, 0) is 6.16 Å². The van der Waals surface area contributed by atoms with Crippen LogP contribution < -0.4 is 132 Å². The van der Waals surface area contributed by atoms with Gasteiger partial charge < -0.3 is 16.4 Å². The summed E-state index contributed by atoms with van der Waals surface area (Å²) in [6.45, 7) is 0. The van der Waals surface area contributed by atoms with Crippen LogP contribution in [-0.2, 0) is 0 Å². The molecule has 6 heteroatoms. The number of carboxylic acid groups (broad SMARTS) is 2. The Hall–Kier alpha value is 3.14. The van der Waals surface area contributed by atoms with Gasteiger partial charge in [0.2, 0.25) is 0 Å². The summed E-state index contributed by atoms with van der Waals surface area (Å²) < 4.78 is 0. The molecule has 0 unspecified atom stereocenters. The fourth-order valence-electron chi connectivity index (χ4n) is 0. The average Bonchev–Trinajstić information content (AvgIpc) is 0.811. The molecule has 0 aliphatic carbocycles. The Morgan fingerprint density at radius 3 is 1.29 bits per heavy atom. The van der Waals surface area contributed by atoms with Crippen molar-refractivity contribution in [2.45, 2.75) is 0 Å². The first-order chi connectivity index (χ1) is 1.73. The van der Waals surface area contributed by atoms with Gasteiger partial charge in [0.25, 0.3) is 0 Å². The molecule has 0 heterocycles. The van der Waals surface area contributed by atoms with Gasteiger partial charge in [-0.25, -0.2) is 0 Å². The van der Waals surface area contributed by atoms with E-state index in [1.165, 1.54) is 0 Å². The summed E-state index contributed by atoms with van der Waals surface area (Å²) in [4.78, 5) is 8.33. The van der Waals surface area contributed by atoms with Crippen LogP contribution in [-0.4, -0.2) is 6.16 Å². The van der Waals surface area contributed by atoms with Crippen molar-refractivity contribution in [2.75, 3.05) is 0 Å². The van der Waals surface area contributed by atoms with Crippen molar-refractivity contribution in [3.8, 4) is 0 Å². The van der Waals surface area contributed by atoms with Crippen molar-refractivity contribution >= 4 is 6.16 Å². The van der Waals surface area contributed by atoms with Crippen molar-refractivity contribution in [2.24, 2.45) is 0 Å². The second kappa shape index (κ2) is 16.1. The fraction of sp³-hybridized carbons (Fsp3) is 0. The molecule has 0 fully saturated rings. The molecule has 0 N–H and O–H groups in total. The Kier molecular flexibility index (Phi) is 51.6. The van der Waals surface area contributed by atoms with Crippen LogP contribution in [0.15, 0.2) is 0 Å². The van der Waals surface area contributed by atoms with Crippen molar-refractivity contribution in [1.29, 1.82) is 0 Å². The maximum Gasteiger partial charge on any atom is 1.00 e. The Balaban J connectivity index is -0.00000000750. The van der Waals surface area contributed by atoms with Crippen molar-refractivity contribution in [1.82, 2.24) is 0 Å². The Morgan fingerprint density at radius 2 is 1.29 bits per heavy atom. The molecule has 0 saturated heterocycles. The molecule has 0 aliphatic heterocycles. The predicted molar refractivity (Wildman–Crippen MR) is 6.51 cm³/mol. The van der Waals surface area contributed by atoms with Gasteiger partial charge in [0.05, 0.1) is 0 Å². The third-order valence-electron chi connectivity index (χ3n) is 0. The number of hydrogen-bond donors (Lipinski definition) is 0. The zero-order chi connectivity index (χ0) is 3.58. The summed E-state index contributed by atoms with van der Waals surface area (Å²) >= 11 is 0. The van der Waals surface area contributed by atoms with E-state index in [9.17, 15) is 0 Å². The molecule has 0 saturated carbocycles. The molecule has 0 atom stereocenters. The molecule has 7 heavy (non-hydrogen) atoms. The molecule has 0 aromatic carbocycles. The standard InChI is InChI=1S/CH2O3.2K.Li.H/c2-1(3)4;;;;/h(H2,2,3,4);;;;/q;3*+1;-1/p-2. The molecule has 0 aliphatic rings. The first-order valence-electron chi connectivity index (χ1n) is 0.612. The van der Waals surface area contributed by atoms with Crippen molar-refractivity contribution < 1.29 is 138 Å². The molecule has 0 rings (SSSR count). The minimum absolute atomic E-state index is 0. The van der Waals surface area contributed by atoms with Crippen LogP contribution in [0.4, 0.5) is 4.79 Å². The topological polar surface area (TPSA) is 63.2 Å². The first-order valence-corrected chi connectivity index (χ1v) is 0.612. The first kappa shape index (κ1) is 22.5. The van der Waals surface area contributed by atoms with E-state index in [1.807, 2.05) is 0 Å². The van der Waals surface area contributed by atoms with Crippen LogP contribution >= 0.6 is 0 Å². The van der Waals surface area contributed by atoms with E-state index in [0.29, 0.717) is 0 Å². The summed E-state index contributed by atoms with van der Waals surface area (Å²) in [6, 6.07) is 0. The zero-order valence-corrected chi connectivity index (χ0v) is 11.0. The van der Waals surface area contributed by atoms with Gasteiger partial charge in [-0.2, -0.15) is 0 Å². The van der Waals surface area contributed by atoms with E-state index >= 15 is 0 Å². The molecule has 0 amide bonds. The summed E-state index contributed by atoms with van der Waals surface area (Å²) in [7, 11) is 0. The summed E-state index contributed by atoms with van der Waals surface area (Å²) in [5.41, 5.74) is 0. The van der Waals surface area contributed by atoms with Crippen LogP contribution in [0, 0.1) is 0 Å². The second-order valence-electron chi connectivity index (χ2n) is 0.250. The minimum Gasteiger partial charge on any atom is -1.00 e. The third kappa shape index (κ3) is 47.3. The molecule has 26 valence electrons. The van der Waals surface area contributed by atoms with E-state index in [0.717, 1.165) is 0 Å². The largest absolute Gasteiger partial charge is 1.00 e. The Bertz CT molecular complexity index is 40.3. The second-order valence-corrected chi connectivity index (χ2v) is 0.250. The number of rotatable bonds is 0. The van der Waals surface area contributed by atoms with Crippen LogP contribution in [0.3, 0.4) is 0 Å². The Morgan fingerprint density at radius 1 is 1.29 bits per heavy atom. The van der Waals surface area contributed by atoms with E-state index < -0.39 is 6.16 Å². The molecule has 0 spiro atoms. The predicted octanol–water partition coefficient (Wildman–Crippen LogP) is -11.3. The third-order valence-corrected chi connectivity index (χ3v) is 0. The van der Waals surface area contributed by atoms with E-state index in [4.69, 9.17) is 15.0 Å². The van der Waals surface area contributed by atoms with Gasteiger partial charge >= 0.3 is 122 Å². The van der Waals surface area contributed by atoms with Gasteiger partial charge in [-0.3, -0.25) is 0 Å². The quantitative estimate of drug-likeness (QED) is 0.319. The zero-order valence-electron chi connectivity index (χ0n) is 5.72. The SMILES string of the molecule is O=C([O-])[O-].[H-].[K+].[K+].[Li+]. The Labute approximate surface area is 140 Å². The van der Waals surface area contributed by atoms with Crippen LogP contribution in [0.25, 0.3) is 0 Å². The van der Waals surface area contributed by atoms with Crippen LogP contribution in [0.5, 0.6) is 0 Å². The average molecular weight is 146 g/mol. The van der Waals surface area contributed by atoms with Gasteiger partial charge in [-0.15, -0.1) is 0 Å². The summed E-state index contributed by atoms with van der Waals surface area (Å²) in [5, 5.41) is 16.7. The molecular formula is CHK2LiO3. The molecule has 0 aromatic rings. The smallest absolute Gasteiger partial charge is 1.00 e. The number of carbonyl (C=O) groups is 1. The maximum atomic E-state index is 8.33. The van der Waals surface area contributed by atoms with Gasteiger partial charge in [0.1, 0.15) is 0 Å². The van der Waals surface area contributed by atoms with Crippen molar-refractivity contribution in [3.05, 3.63) is 0 Å². The number of carbonyl (C=O) groups excluding carboxylic acids is 1. The normalized spacial score (nSPS) is 3.43. The van der Waals surface area contributed by atoms with Gasteiger partial charge in [0, 0.05) is 0 Å². The van der Waals surface area contributed by atoms with E-state index in [-0.39, 0.29) is 123 Å². The molecule has 0 aromatic heterocycles. The number of hydrogen-bond acceptors (Lipinski definition) is 3. The fourth-order valence-corrected chi connectivity index (χ4v) is 0. The van der Waals surface area contributed by atoms with E-state index in [2.05, 4.69) is 0 Å². The van der Waals surface area contributed by atoms with E-state index in [1.54, 1.807) is 0 Å². The molecule has 0 bridgehead atoms. The van der Waals surface area contributed by atoms with Crippen molar-refractivity contribution in [3.63, 3.8) is 0 Å². The maximum absolute atomic E-state index is 8.33. The summed E-state index contributed by atoms with van der Waals surface area (Å²) in [5.74, 6) is 0. The minimum atomic E-state index is -2.33. The molecular weight excluding hydrogens is 145 g/mol.